The summed E-state index contributed by atoms with van der Waals surface area (Å²) in [5.74, 6) is 0. The molecule has 3 heterocycles. The second kappa shape index (κ2) is 8.46. The number of rotatable bonds is 2. The molecule has 180 valence electrons. The minimum absolute atomic E-state index is 0.670. The van der Waals surface area contributed by atoms with Gasteiger partial charge in [-0.25, -0.2) is 9.83 Å². The van der Waals surface area contributed by atoms with E-state index in [2.05, 4.69) is 89.8 Å². The molecule has 0 spiro atoms. The molecule has 8 aromatic rings. The Morgan fingerprint density at radius 3 is 2.26 bits per heavy atom. The summed E-state index contributed by atoms with van der Waals surface area (Å²) in [5.41, 5.74) is 6.92. The molecule has 39 heavy (non-hydrogen) atoms. The zero-order valence-electron chi connectivity index (χ0n) is 20.7. The third-order valence-electron chi connectivity index (χ3n) is 7.49. The molecule has 0 aliphatic carbocycles. The van der Waals surface area contributed by atoms with Gasteiger partial charge >= 0.3 is 0 Å². The number of aromatic nitrogens is 2. The molecule has 0 amide bonds. The zero-order chi connectivity index (χ0) is 25.9. The molecule has 5 aromatic carbocycles. The number of hydrogen-bond acceptors (Lipinski definition) is 3. The Morgan fingerprint density at radius 2 is 1.38 bits per heavy atom. The second-order valence-corrected chi connectivity index (χ2v) is 10.8. The number of thiophene rings is 1. The Morgan fingerprint density at radius 1 is 0.615 bits per heavy atom. The Labute approximate surface area is 228 Å². The molecule has 0 atom stereocenters. The number of benzene rings is 5. The van der Waals surface area contributed by atoms with Crippen molar-refractivity contribution in [1.82, 2.24) is 9.97 Å². The van der Waals surface area contributed by atoms with Gasteiger partial charge in [0.2, 0.25) is 0 Å². The summed E-state index contributed by atoms with van der Waals surface area (Å²) >= 11 is 1.77. The van der Waals surface area contributed by atoms with Crippen LogP contribution in [0.4, 0.5) is 5.69 Å². The smallest absolute Gasteiger partial charge is 0.187 e. The predicted octanol–water partition coefficient (Wildman–Crippen LogP) is 10.2. The lowest BCUT2D eigenvalue weighted by Gasteiger charge is -2.13. The van der Waals surface area contributed by atoms with Gasteiger partial charge in [0.05, 0.1) is 23.3 Å². The van der Waals surface area contributed by atoms with Crippen molar-refractivity contribution in [2.24, 2.45) is 0 Å². The minimum Gasteiger partial charge on any atom is -0.256 e. The molecular formula is C35H19N3S. The molecular weight excluding hydrogens is 494 g/mol. The van der Waals surface area contributed by atoms with Crippen molar-refractivity contribution in [3.63, 3.8) is 0 Å². The number of fused-ring (bicyclic) bond motifs is 8. The lowest BCUT2D eigenvalue weighted by Crippen LogP contribution is -1.92. The molecule has 0 aliphatic rings. The molecule has 0 unspecified atom stereocenters. The van der Waals surface area contributed by atoms with Crippen LogP contribution in [0, 0.1) is 6.57 Å². The molecule has 3 aromatic heterocycles. The van der Waals surface area contributed by atoms with E-state index in [-0.39, 0.29) is 0 Å². The predicted molar refractivity (Wildman–Crippen MR) is 165 cm³/mol. The van der Waals surface area contributed by atoms with Gasteiger partial charge in [0.1, 0.15) is 0 Å². The third kappa shape index (κ3) is 3.41. The number of pyridine rings is 2. The first kappa shape index (κ1) is 21.9. The van der Waals surface area contributed by atoms with E-state index < -0.39 is 0 Å². The van der Waals surface area contributed by atoms with Crippen molar-refractivity contribution in [3.05, 3.63) is 127 Å². The van der Waals surface area contributed by atoms with Crippen molar-refractivity contribution in [2.75, 3.05) is 0 Å². The van der Waals surface area contributed by atoms with Crippen LogP contribution in [-0.4, -0.2) is 9.97 Å². The van der Waals surface area contributed by atoms with Crippen LogP contribution in [0.15, 0.2) is 115 Å². The first-order chi connectivity index (χ1) is 19.3. The van der Waals surface area contributed by atoms with Gasteiger partial charge in [0, 0.05) is 42.7 Å². The quantitative estimate of drug-likeness (QED) is 0.170. The highest BCUT2D eigenvalue weighted by Crippen LogP contribution is 2.40. The van der Waals surface area contributed by atoms with Crippen LogP contribution in [0.2, 0.25) is 0 Å². The normalized spacial score (nSPS) is 11.6. The molecule has 3 nitrogen and oxygen atoms in total. The standard InChI is InChI=1S/C35H19N3S/c1-36-25-12-16-32-29(20-25)28-18-23(11-15-31(28)39-32)24-10-13-26-30(19-24)38-34(21-6-3-2-4-7-21)27-14-9-22-8-5-17-37-35(22)33(26)27/h2-20H. The maximum Gasteiger partial charge on any atom is 0.187 e. The molecule has 0 N–H and O–H groups in total. The van der Waals surface area contributed by atoms with Gasteiger partial charge in [0.15, 0.2) is 5.69 Å². The second-order valence-electron chi connectivity index (χ2n) is 9.73. The lowest BCUT2D eigenvalue weighted by molar-refractivity contribution is 1.41. The fourth-order valence-electron chi connectivity index (χ4n) is 5.64. The van der Waals surface area contributed by atoms with Gasteiger partial charge in [-0.1, -0.05) is 78.9 Å². The van der Waals surface area contributed by atoms with Crippen LogP contribution in [0.1, 0.15) is 0 Å². The van der Waals surface area contributed by atoms with Gasteiger partial charge in [-0.2, -0.15) is 0 Å². The van der Waals surface area contributed by atoms with Crippen molar-refractivity contribution in [2.45, 2.75) is 0 Å². The third-order valence-corrected chi connectivity index (χ3v) is 8.64. The monoisotopic (exact) mass is 513 g/mol. The summed E-state index contributed by atoms with van der Waals surface area (Å²) in [7, 11) is 0. The minimum atomic E-state index is 0.670. The molecule has 0 aliphatic heterocycles. The van der Waals surface area contributed by atoms with Crippen molar-refractivity contribution >= 4 is 69.8 Å². The first-order valence-electron chi connectivity index (χ1n) is 12.8. The van der Waals surface area contributed by atoms with Gasteiger partial charge in [0.25, 0.3) is 0 Å². The summed E-state index contributed by atoms with van der Waals surface area (Å²) in [6, 6.07) is 38.0. The van der Waals surface area contributed by atoms with E-state index in [0.29, 0.717) is 5.69 Å². The summed E-state index contributed by atoms with van der Waals surface area (Å²) in [5, 5.41) is 6.78. The van der Waals surface area contributed by atoms with Crippen molar-refractivity contribution < 1.29 is 0 Å². The van der Waals surface area contributed by atoms with Crippen molar-refractivity contribution in [1.29, 1.82) is 0 Å². The van der Waals surface area contributed by atoms with E-state index >= 15 is 0 Å². The van der Waals surface area contributed by atoms with Crippen LogP contribution in [0.3, 0.4) is 0 Å². The fourth-order valence-corrected chi connectivity index (χ4v) is 6.71. The highest BCUT2D eigenvalue weighted by Gasteiger charge is 2.15. The Kier molecular flexibility index (Phi) is 4.75. The van der Waals surface area contributed by atoms with Gasteiger partial charge < -0.3 is 0 Å². The molecule has 4 heteroatoms. The Hall–Kier alpha value is -5.11. The van der Waals surface area contributed by atoms with Crippen molar-refractivity contribution in [3.8, 4) is 22.4 Å². The van der Waals surface area contributed by atoms with Crippen LogP contribution in [0.5, 0.6) is 0 Å². The highest BCUT2D eigenvalue weighted by molar-refractivity contribution is 7.25. The maximum atomic E-state index is 7.44. The number of hydrogen-bond donors (Lipinski definition) is 0. The molecule has 0 saturated heterocycles. The summed E-state index contributed by atoms with van der Waals surface area (Å²) in [6.45, 7) is 7.44. The largest absolute Gasteiger partial charge is 0.256 e. The van der Waals surface area contributed by atoms with Gasteiger partial charge in [-0.05, 0) is 52.2 Å². The fraction of sp³-hybridized carbons (Fsp3) is 0. The van der Waals surface area contributed by atoms with E-state index in [9.17, 15) is 0 Å². The average molecular weight is 514 g/mol. The molecule has 0 radical (unpaired) electrons. The van der Waals surface area contributed by atoms with Crippen LogP contribution < -0.4 is 0 Å². The lowest BCUT2D eigenvalue weighted by atomic mass is 9.95. The Balaban J connectivity index is 1.41. The summed E-state index contributed by atoms with van der Waals surface area (Å²) in [6.07, 6.45) is 1.87. The highest BCUT2D eigenvalue weighted by atomic mass is 32.1. The van der Waals surface area contributed by atoms with E-state index in [1.807, 2.05) is 30.5 Å². The summed E-state index contributed by atoms with van der Waals surface area (Å²) in [4.78, 5) is 13.7. The van der Waals surface area contributed by atoms with Crippen LogP contribution in [-0.2, 0) is 0 Å². The molecule has 0 saturated carbocycles. The zero-order valence-corrected chi connectivity index (χ0v) is 21.5. The maximum absolute atomic E-state index is 7.44. The summed E-state index contributed by atoms with van der Waals surface area (Å²) < 4.78 is 2.43. The Bertz CT molecular complexity index is 2290. The molecule has 8 rings (SSSR count). The molecule has 0 fully saturated rings. The van der Waals surface area contributed by atoms with E-state index in [1.165, 1.54) is 14.8 Å². The van der Waals surface area contributed by atoms with E-state index in [4.69, 9.17) is 16.5 Å². The van der Waals surface area contributed by atoms with E-state index in [0.717, 1.165) is 60.3 Å². The van der Waals surface area contributed by atoms with Gasteiger partial charge in [-0.3, -0.25) is 4.98 Å². The average Bonchev–Trinajstić information content (AvgIpc) is 3.37. The molecule has 0 bridgehead atoms. The van der Waals surface area contributed by atoms with E-state index in [1.54, 1.807) is 11.3 Å². The SMILES string of the molecule is [C-]#[N+]c1ccc2sc3ccc(-c4ccc5c(c4)nc(-c4ccccc4)c4ccc6cccnc6c45)cc3c2c1. The topological polar surface area (TPSA) is 30.1 Å². The van der Waals surface area contributed by atoms with Crippen LogP contribution in [0.25, 0.3) is 80.0 Å². The first-order valence-corrected chi connectivity index (χ1v) is 13.6. The van der Waals surface area contributed by atoms with Crippen LogP contribution >= 0.6 is 11.3 Å². The van der Waals surface area contributed by atoms with Gasteiger partial charge in [-0.15, -0.1) is 11.3 Å². The number of nitrogens with zero attached hydrogens (tertiary/aromatic N) is 3.